The molecule has 1 aliphatic rings. The van der Waals surface area contributed by atoms with E-state index in [1.54, 1.807) is 16.7 Å². The van der Waals surface area contributed by atoms with Crippen molar-refractivity contribution in [2.75, 3.05) is 19.6 Å². The zero-order chi connectivity index (χ0) is 16.2. The highest BCUT2D eigenvalue weighted by Gasteiger charge is 2.33. The van der Waals surface area contributed by atoms with Crippen LogP contribution in [0.25, 0.3) is 0 Å². The molecule has 1 aliphatic heterocycles. The summed E-state index contributed by atoms with van der Waals surface area (Å²) in [5.41, 5.74) is 0. The lowest BCUT2D eigenvalue weighted by molar-refractivity contribution is -0.910. The predicted octanol–water partition coefficient (Wildman–Crippen LogP) is 0.856. The van der Waals surface area contributed by atoms with Gasteiger partial charge in [-0.3, -0.25) is 10.1 Å². The minimum atomic E-state index is -4.50. The molecule has 2 atom stereocenters. The highest BCUT2D eigenvalue weighted by Crippen LogP contribution is 2.23. The number of amides is 3. The van der Waals surface area contributed by atoms with E-state index in [4.69, 9.17) is 0 Å². The summed E-state index contributed by atoms with van der Waals surface area (Å²) in [7, 11) is 0. The summed E-state index contributed by atoms with van der Waals surface area (Å²) < 4.78 is 35.9. The molecule has 1 aromatic heterocycles. The van der Waals surface area contributed by atoms with E-state index in [1.807, 2.05) is 22.8 Å². The number of halogens is 3. The molecular weight excluding hydrogens is 319 g/mol. The van der Waals surface area contributed by atoms with Crippen LogP contribution in [0.1, 0.15) is 23.8 Å². The molecule has 5 nitrogen and oxygen atoms in total. The number of rotatable bonds is 4. The van der Waals surface area contributed by atoms with Gasteiger partial charge in [-0.15, -0.1) is 11.3 Å². The number of thiophene rings is 1. The summed E-state index contributed by atoms with van der Waals surface area (Å²) in [6.07, 6.45) is -2.56. The van der Waals surface area contributed by atoms with Gasteiger partial charge in [0.25, 0.3) is 5.91 Å². The second-order valence-corrected chi connectivity index (χ2v) is 6.12. The fourth-order valence-electron chi connectivity index (χ4n) is 2.56. The van der Waals surface area contributed by atoms with Crippen molar-refractivity contribution < 1.29 is 27.7 Å². The van der Waals surface area contributed by atoms with E-state index in [1.165, 1.54) is 4.88 Å². The Bertz CT molecular complexity index is 519. The second-order valence-electron chi connectivity index (χ2n) is 5.14. The van der Waals surface area contributed by atoms with Crippen LogP contribution in [-0.2, 0) is 4.79 Å². The Kier molecular flexibility index (Phi) is 5.41. The number of quaternary nitrogens is 1. The molecule has 0 bridgehead atoms. The molecule has 1 unspecified atom stereocenters. The molecule has 122 valence electrons. The first-order valence-electron chi connectivity index (χ1n) is 6.87. The number of nitrogens with one attached hydrogen (secondary N) is 3. The van der Waals surface area contributed by atoms with Crippen molar-refractivity contribution in [3.05, 3.63) is 22.4 Å². The molecule has 0 spiro atoms. The third kappa shape index (κ3) is 4.99. The lowest BCUT2D eigenvalue weighted by atomic mass is 10.2. The Morgan fingerprint density at radius 2 is 2.18 bits per heavy atom. The SMILES string of the molecule is O=C(C[NH+]1CCC[C@H]1c1cccs1)NC(=O)NCC(F)(F)F. The summed E-state index contributed by atoms with van der Waals surface area (Å²) in [5, 5.41) is 5.52. The average Bonchev–Trinajstić information content (AvgIpc) is 3.05. The zero-order valence-corrected chi connectivity index (χ0v) is 12.5. The maximum Gasteiger partial charge on any atom is 0.405 e. The van der Waals surface area contributed by atoms with Crippen LogP contribution >= 0.6 is 11.3 Å². The molecule has 2 rings (SSSR count). The van der Waals surface area contributed by atoms with Gasteiger partial charge in [0.05, 0.1) is 11.4 Å². The summed E-state index contributed by atoms with van der Waals surface area (Å²) in [6.45, 7) is -0.581. The first-order chi connectivity index (χ1) is 10.3. The standard InChI is InChI=1S/C13H16F3N3O2S/c14-13(15,16)8-17-12(21)18-11(20)7-19-5-1-3-9(19)10-4-2-6-22-10/h2,4,6,9H,1,3,5,7-8H2,(H2,17,18,20,21)/p+1/t9-/m0/s1. The molecule has 2 heterocycles. The van der Waals surface area contributed by atoms with Crippen LogP contribution in [0, 0.1) is 0 Å². The largest absolute Gasteiger partial charge is 0.405 e. The molecule has 3 N–H and O–H groups in total. The van der Waals surface area contributed by atoms with E-state index < -0.39 is 24.7 Å². The van der Waals surface area contributed by atoms with E-state index in [9.17, 15) is 22.8 Å². The van der Waals surface area contributed by atoms with Crippen LogP contribution < -0.4 is 15.5 Å². The highest BCUT2D eigenvalue weighted by molar-refractivity contribution is 7.10. The normalized spacial score (nSPS) is 21.6. The van der Waals surface area contributed by atoms with Crippen molar-refractivity contribution in [2.45, 2.75) is 25.1 Å². The fourth-order valence-corrected chi connectivity index (χ4v) is 3.48. The molecule has 9 heteroatoms. The number of urea groups is 1. The third-order valence-corrected chi connectivity index (χ3v) is 4.45. The number of hydrogen-bond acceptors (Lipinski definition) is 3. The maximum absolute atomic E-state index is 12.0. The summed E-state index contributed by atoms with van der Waals surface area (Å²) in [5.74, 6) is -0.571. The summed E-state index contributed by atoms with van der Waals surface area (Å²) in [6, 6.07) is 3.05. The molecule has 3 amide bonds. The van der Waals surface area contributed by atoms with E-state index in [0.29, 0.717) is 0 Å². The van der Waals surface area contributed by atoms with Gasteiger partial charge >= 0.3 is 12.2 Å². The summed E-state index contributed by atoms with van der Waals surface area (Å²) >= 11 is 1.62. The first-order valence-corrected chi connectivity index (χ1v) is 7.75. The van der Waals surface area contributed by atoms with Crippen molar-refractivity contribution in [3.63, 3.8) is 0 Å². The number of carbonyl (C=O) groups excluding carboxylic acids is 2. The Labute approximate surface area is 129 Å². The van der Waals surface area contributed by atoms with Gasteiger partial charge in [-0.05, 0) is 11.4 Å². The average molecular weight is 336 g/mol. The van der Waals surface area contributed by atoms with Crippen LogP contribution in [0.4, 0.5) is 18.0 Å². The van der Waals surface area contributed by atoms with Crippen molar-refractivity contribution in [2.24, 2.45) is 0 Å². The molecule has 0 radical (unpaired) electrons. The molecule has 1 fully saturated rings. The minimum absolute atomic E-state index is 0.0714. The molecule has 22 heavy (non-hydrogen) atoms. The second kappa shape index (κ2) is 7.10. The molecule has 0 aromatic carbocycles. The van der Waals surface area contributed by atoms with Crippen LogP contribution in [0.15, 0.2) is 17.5 Å². The van der Waals surface area contributed by atoms with Crippen LogP contribution in [0.5, 0.6) is 0 Å². The van der Waals surface area contributed by atoms with Crippen molar-refractivity contribution in [1.29, 1.82) is 0 Å². The fraction of sp³-hybridized carbons (Fsp3) is 0.538. The molecular formula is C13H17F3N3O2S+. The number of imide groups is 1. The Morgan fingerprint density at radius 3 is 2.82 bits per heavy atom. The third-order valence-electron chi connectivity index (χ3n) is 3.46. The topological polar surface area (TPSA) is 62.6 Å². The minimum Gasteiger partial charge on any atom is -0.329 e. The number of alkyl halides is 3. The van der Waals surface area contributed by atoms with Gasteiger partial charge < -0.3 is 10.2 Å². The zero-order valence-electron chi connectivity index (χ0n) is 11.7. The van der Waals surface area contributed by atoms with Crippen LogP contribution in [0.2, 0.25) is 0 Å². The van der Waals surface area contributed by atoms with Crippen molar-refractivity contribution in [3.8, 4) is 0 Å². The van der Waals surface area contributed by atoms with Gasteiger partial charge in [0.15, 0.2) is 6.54 Å². The first kappa shape index (κ1) is 16.8. The Balaban J connectivity index is 1.80. The Morgan fingerprint density at radius 1 is 1.41 bits per heavy atom. The quantitative estimate of drug-likeness (QED) is 0.764. The number of carbonyl (C=O) groups is 2. The highest BCUT2D eigenvalue weighted by atomic mass is 32.1. The monoisotopic (exact) mass is 336 g/mol. The molecule has 0 saturated carbocycles. The number of hydrogen-bond donors (Lipinski definition) is 3. The Hall–Kier alpha value is -1.61. The van der Waals surface area contributed by atoms with E-state index in [0.717, 1.165) is 24.3 Å². The lowest BCUT2D eigenvalue weighted by Crippen LogP contribution is -3.11. The number of likely N-dealkylation sites (tertiary alicyclic amines) is 1. The summed E-state index contributed by atoms with van der Waals surface area (Å²) in [4.78, 5) is 25.2. The van der Waals surface area contributed by atoms with Gasteiger partial charge in [0.2, 0.25) is 0 Å². The molecule has 1 aromatic rings. The van der Waals surface area contributed by atoms with Gasteiger partial charge in [-0.25, -0.2) is 4.79 Å². The van der Waals surface area contributed by atoms with Crippen molar-refractivity contribution >= 4 is 23.3 Å². The predicted molar refractivity (Wildman–Crippen MR) is 74.6 cm³/mol. The van der Waals surface area contributed by atoms with Gasteiger partial charge in [0.1, 0.15) is 12.6 Å². The van der Waals surface area contributed by atoms with Gasteiger partial charge in [-0.2, -0.15) is 13.2 Å². The lowest BCUT2D eigenvalue weighted by Gasteiger charge is -2.19. The van der Waals surface area contributed by atoms with Crippen molar-refractivity contribution in [1.82, 2.24) is 10.6 Å². The van der Waals surface area contributed by atoms with E-state index in [-0.39, 0.29) is 12.6 Å². The van der Waals surface area contributed by atoms with Crippen LogP contribution in [0.3, 0.4) is 0 Å². The van der Waals surface area contributed by atoms with Gasteiger partial charge in [0, 0.05) is 12.8 Å². The molecule has 1 saturated heterocycles. The molecule has 0 aliphatic carbocycles. The van der Waals surface area contributed by atoms with E-state index >= 15 is 0 Å². The van der Waals surface area contributed by atoms with Gasteiger partial charge in [-0.1, -0.05) is 6.07 Å². The van der Waals surface area contributed by atoms with E-state index in [2.05, 4.69) is 0 Å². The maximum atomic E-state index is 12.0. The smallest absolute Gasteiger partial charge is 0.329 e. The van der Waals surface area contributed by atoms with Crippen LogP contribution in [-0.4, -0.2) is 37.7 Å².